The molecule has 0 fully saturated rings. The number of aromatic nitrogens is 1. The lowest BCUT2D eigenvalue weighted by molar-refractivity contribution is 0.0695. The molecule has 0 amide bonds. The van der Waals surface area contributed by atoms with Gasteiger partial charge in [-0.15, -0.1) is 11.3 Å². The Balaban J connectivity index is 1.48. The largest absolute Gasteiger partial charge is 0.478 e. The number of aromatic carboxylic acids is 1. The molecule has 0 aliphatic carbocycles. The molecule has 0 aliphatic heterocycles. The molecule has 0 spiro atoms. The molecule has 1 heterocycles. The van der Waals surface area contributed by atoms with E-state index in [0.29, 0.717) is 17.5 Å². The fourth-order valence-corrected chi connectivity index (χ4v) is 5.54. The predicted octanol–water partition coefficient (Wildman–Crippen LogP) is 4.80. The van der Waals surface area contributed by atoms with E-state index in [1.54, 1.807) is 25.2 Å². The summed E-state index contributed by atoms with van der Waals surface area (Å²) in [6.45, 7) is 3.56. The second kappa shape index (κ2) is 8.82. The lowest BCUT2D eigenvalue weighted by atomic mass is 10.0. The van der Waals surface area contributed by atoms with Crippen LogP contribution in [0, 0.1) is 13.8 Å². The molecule has 4 rings (SSSR count). The number of carbonyl (C=O) groups is 1. The smallest absolute Gasteiger partial charge is 0.336 e. The summed E-state index contributed by atoms with van der Waals surface area (Å²) in [4.78, 5) is 16.1. The van der Waals surface area contributed by atoms with Crippen molar-refractivity contribution in [2.45, 2.75) is 25.2 Å². The third-order valence-corrected chi connectivity index (χ3v) is 7.89. The first kappa shape index (κ1) is 22.1. The summed E-state index contributed by atoms with van der Waals surface area (Å²) < 4.78 is 29.1. The van der Waals surface area contributed by atoms with Gasteiger partial charge in [-0.1, -0.05) is 36.4 Å². The van der Waals surface area contributed by atoms with E-state index in [-0.39, 0.29) is 17.0 Å². The Morgan fingerprint density at radius 2 is 1.81 bits per heavy atom. The number of hydrogen-bond acceptors (Lipinski definition) is 5. The van der Waals surface area contributed by atoms with Gasteiger partial charge < -0.3 is 5.11 Å². The molecule has 1 aromatic heterocycles. The number of thiazole rings is 1. The van der Waals surface area contributed by atoms with Crippen molar-refractivity contribution in [3.05, 3.63) is 82.9 Å². The molecule has 0 bridgehead atoms. The van der Waals surface area contributed by atoms with Crippen molar-refractivity contribution in [1.82, 2.24) is 9.71 Å². The zero-order chi connectivity index (χ0) is 22.9. The standard InChI is InChI=1S/C24H22N2O4S2/c1-15-12-19(14-20(16(15)2)24(27)28)32(29,30)25-11-10-17-8-9-22-21(13-17)26-23(31-22)18-6-4-3-5-7-18/h3-9,12-14,25H,10-11H2,1-2H3,(H,27,28). The maximum atomic E-state index is 12.7. The fourth-order valence-electron chi connectivity index (χ4n) is 3.45. The van der Waals surface area contributed by atoms with E-state index in [4.69, 9.17) is 4.98 Å². The molecular weight excluding hydrogens is 444 g/mol. The molecule has 0 saturated carbocycles. The highest BCUT2D eigenvalue weighted by Gasteiger charge is 2.19. The minimum absolute atomic E-state index is 0.00595. The number of carboxylic acids is 1. The second-order valence-corrected chi connectivity index (χ2v) is 10.4. The van der Waals surface area contributed by atoms with Crippen LogP contribution >= 0.6 is 11.3 Å². The van der Waals surface area contributed by atoms with Crippen LogP contribution in [0.3, 0.4) is 0 Å². The highest BCUT2D eigenvalue weighted by molar-refractivity contribution is 7.89. The van der Waals surface area contributed by atoms with Crippen molar-refractivity contribution in [2.75, 3.05) is 6.54 Å². The van der Waals surface area contributed by atoms with Gasteiger partial charge in [-0.2, -0.15) is 0 Å². The number of sulfonamides is 1. The van der Waals surface area contributed by atoms with E-state index in [2.05, 4.69) is 4.72 Å². The van der Waals surface area contributed by atoms with Crippen LogP contribution in [0.1, 0.15) is 27.0 Å². The summed E-state index contributed by atoms with van der Waals surface area (Å²) >= 11 is 1.62. The minimum atomic E-state index is -3.83. The molecule has 2 N–H and O–H groups in total. The second-order valence-electron chi connectivity index (χ2n) is 7.55. The van der Waals surface area contributed by atoms with E-state index in [0.717, 1.165) is 26.4 Å². The SMILES string of the molecule is Cc1cc(S(=O)(=O)NCCc2ccc3sc(-c4ccccc4)nc3c2)cc(C(=O)O)c1C. The average Bonchev–Trinajstić information content (AvgIpc) is 3.19. The van der Waals surface area contributed by atoms with Crippen molar-refractivity contribution >= 4 is 37.5 Å². The van der Waals surface area contributed by atoms with Crippen molar-refractivity contribution in [3.63, 3.8) is 0 Å². The lowest BCUT2D eigenvalue weighted by Crippen LogP contribution is -2.26. The Morgan fingerprint density at radius 3 is 2.53 bits per heavy atom. The first-order valence-corrected chi connectivity index (χ1v) is 12.3. The highest BCUT2D eigenvalue weighted by Crippen LogP contribution is 2.30. The molecular formula is C24H22N2O4S2. The molecule has 32 heavy (non-hydrogen) atoms. The third-order valence-electron chi connectivity index (χ3n) is 5.36. The number of hydrogen-bond donors (Lipinski definition) is 2. The zero-order valence-electron chi connectivity index (χ0n) is 17.6. The van der Waals surface area contributed by atoms with Gasteiger partial charge >= 0.3 is 5.97 Å². The molecule has 0 aliphatic rings. The molecule has 0 unspecified atom stereocenters. The van der Waals surface area contributed by atoms with Crippen LogP contribution in [0.5, 0.6) is 0 Å². The van der Waals surface area contributed by atoms with Crippen LogP contribution in [-0.4, -0.2) is 31.0 Å². The number of benzene rings is 3. The summed E-state index contributed by atoms with van der Waals surface area (Å²) in [6, 6.07) is 18.6. The fraction of sp³-hybridized carbons (Fsp3) is 0.167. The summed E-state index contributed by atoms with van der Waals surface area (Å²) in [5.41, 5.74) is 4.09. The molecule has 3 aromatic carbocycles. The van der Waals surface area contributed by atoms with Crippen LogP contribution in [-0.2, 0) is 16.4 Å². The molecule has 0 atom stereocenters. The molecule has 6 nitrogen and oxygen atoms in total. The number of nitrogens with one attached hydrogen (secondary N) is 1. The van der Waals surface area contributed by atoms with Crippen LogP contribution in [0.4, 0.5) is 0 Å². The number of carboxylic acid groups (broad SMARTS) is 1. The monoisotopic (exact) mass is 466 g/mol. The summed E-state index contributed by atoms with van der Waals surface area (Å²) in [5, 5.41) is 10.3. The lowest BCUT2D eigenvalue weighted by Gasteiger charge is -2.11. The highest BCUT2D eigenvalue weighted by atomic mass is 32.2. The number of nitrogens with zero attached hydrogens (tertiary/aromatic N) is 1. The van der Waals surface area contributed by atoms with Gasteiger partial charge in [0.15, 0.2) is 0 Å². The van der Waals surface area contributed by atoms with E-state index in [1.807, 2.05) is 48.5 Å². The van der Waals surface area contributed by atoms with Gasteiger partial charge in [0.1, 0.15) is 5.01 Å². The molecule has 164 valence electrons. The minimum Gasteiger partial charge on any atom is -0.478 e. The van der Waals surface area contributed by atoms with Crippen molar-refractivity contribution in [1.29, 1.82) is 0 Å². The number of aryl methyl sites for hydroxylation is 1. The average molecular weight is 467 g/mol. The predicted molar refractivity (Wildman–Crippen MR) is 127 cm³/mol. The zero-order valence-corrected chi connectivity index (χ0v) is 19.3. The third kappa shape index (κ3) is 4.57. The van der Waals surface area contributed by atoms with E-state index >= 15 is 0 Å². The van der Waals surface area contributed by atoms with E-state index in [9.17, 15) is 18.3 Å². The van der Waals surface area contributed by atoms with Crippen molar-refractivity contribution in [2.24, 2.45) is 0 Å². The molecule has 4 aromatic rings. The Hall–Kier alpha value is -3.07. The van der Waals surface area contributed by atoms with E-state index < -0.39 is 16.0 Å². The van der Waals surface area contributed by atoms with E-state index in [1.165, 1.54) is 12.1 Å². The van der Waals surface area contributed by atoms with Crippen molar-refractivity contribution < 1.29 is 18.3 Å². The van der Waals surface area contributed by atoms with Gasteiger partial charge in [0.05, 0.1) is 20.7 Å². The normalized spacial score (nSPS) is 11.7. The van der Waals surface area contributed by atoms with Gasteiger partial charge in [-0.3, -0.25) is 0 Å². The Labute approximate surface area is 190 Å². The summed E-state index contributed by atoms with van der Waals surface area (Å²) in [5.74, 6) is -1.14. The molecule has 0 saturated heterocycles. The van der Waals surface area contributed by atoms with Gasteiger partial charge in [0.25, 0.3) is 0 Å². The van der Waals surface area contributed by atoms with Gasteiger partial charge in [0, 0.05) is 12.1 Å². The number of fused-ring (bicyclic) bond motifs is 1. The first-order valence-electron chi connectivity index (χ1n) is 10.0. The Morgan fingerprint density at radius 1 is 1.06 bits per heavy atom. The van der Waals surface area contributed by atoms with Gasteiger partial charge in [0.2, 0.25) is 10.0 Å². The van der Waals surface area contributed by atoms with Crippen LogP contribution in [0.15, 0.2) is 65.6 Å². The Kier molecular flexibility index (Phi) is 6.10. The quantitative estimate of drug-likeness (QED) is 0.408. The maximum absolute atomic E-state index is 12.7. The van der Waals surface area contributed by atoms with Gasteiger partial charge in [-0.05, 0) is 61.2 Å². The topological polar surface area (TPSA) is 96.4 Å². The van der Waals surface area contributed by atoms with Gasteiger partial charge in [-0.25, -0.2) is 22.9 Å². The maximum Gasteiger partial charge on any atom is 0.336 e. The van der Waals surface area contributed by atoms with Crippen LogP contribution in [0.25, 0.3) is 20.8 Å². The molecule has 0 radical (unpaired) electrons. The summed E-state index contributed by atoms with van der Waals surface area (Å²) in [7, 11) is -3.83. The number of rotatable bonds is 7. The molecule has 8 heteroatoms. The Bertz CT molecular complexity index is 1410. The first-order chi connectivity index (χ1) is 15.2. The van der Waals surface area contributed by atoms with Crippen LogP contribution in [0.2, 0.25) is 0 Å². The van der Waals surface area contributed by atoms with Crippen LogP contribution < -0.4 is 4.72 Å². The van der Waals surface area contributed by atoms with Crippen molar-refractivity contribution in [3.8, 4) is 10.6 Å². The summed E-state index contributed by atoms with van der Waals surface area (Å²) in [6.07, 6.45) is 0.490.